The molecule has 0 saturated heterocycles. The van der Waals surface area contributed by atoms with E-state index in [-0.39, 0.29) is 0 Å². The molecule has 2 heterocycles. The van der Waals surface area contributed by atoms with Crippen molar-refractivity contribution in [3.8, 4) is 22.8 Å². The lowest BCUT2D eigenvalue weighted by molar-refractivity contribution is 0.589. The quantitative estimate of drug-likeness (QED) is 0.667. The molecule has 0 saturated carbocycles. The molecule has 4 heteroatoms. The molecular formula is C13H8ClNOS. The highest BCUT2D eigenvalue weighted by atomic mass is 35.5. The highest BCUT2D eigenvalue weighted by Gasteiger charge is 2.08. The summed E-state index contributed by atoms with van der Waals surface area (Å²) in [6.07, 6.45) is 1.73. The van der Waals surface area contributed by atoms with Crippen molar-refractivity contribution >= 4 is 22.9 Å². The Kier molecular flexibility index (Phi) is 2.71. The number of aromatic nitrogens is 1. The van der Waals surface area contributed by atoms with E-state index in [0.29, 0.717) is 10.9 Å². The third-order valence-corrected chi connectivity index (χ3v) is 3.34. The highest BCUT2D eigenvalue weighted by molar-refractivity contribution is 7.08. The van der Waals surface area contributed by atoms with Gasteiger partial charge in [0.2, 0.25) is 5.89 Å². The molecule has 3 aromatic rings. The molecule has 2 nitrogen and oxygen atoms in total. The van der Waals surface area contributed by atoms with Crippen molar-refractivity contribution in [1.29, 1.82) is 0 Å². The lowest BCUT2D eigenvalue weighted by Gasteiger charge is -1.95. The summed E-state index contributed by atoms with van der Waals surface area (Å²) in [6.45, 7) is 0. The van der Waals surface area contributed by atoms with Gasteiger partial charge in [-0.3, -0.25) is 0 Å². The molecule has 0 N–H and O–H groups in total. The van der Waals surface area contributed by atoms with E-state index in [0.717, 1.165) is 16.9 Å². The van der Waals surface area contributed by atoms with E-state index in [1.165, 1.54) is 0 Å². The summed E-state index contributed by atoms with van der Waals surface area (Å²) in [5.41, 5.74) is 1.98. The summed E-state index contributed by atoms with van der Waals surface area (Å²) < 4.78 is 5.71. The summed E-state index contributed by atoms with van der Waals surface area (Å²) in [5.74, 6) is 1.40. The zero-order valence-corrected chi connectivity index (χ0v) is 10.3. The van der Waals surface area contributed by atoms with Gasteiger partial charge in [0, 0.05) is 21.5 Å². The number of hydrogen-bond acceptors (Lipinski definition) is 3. The number of halogens is 1. The van der Waals surface area contributed by atoms with Crippen molar-refractivity contribution < 1.29 is 4.42 Å². The molecule has 0 amide bonds. The van der Waals surface area contributed by atoms with E-state index in [2.05, 4.69) is 4.98 Å². The number of rotatable bonds is 2. The van der Waals surface area contributed by atoms with E-state index in [1.807, 2.05) is 41.1 Å². The minimum absolute atomic E-state index is 0.649. The first kappa shape index (κ1) is 10.6. The van der Waals surface area contributed by atoms with E-state index >= 15 is 0 Å². The predicted octanol–water partition coefficient (Wildman–Crippen LogP) is 4.72. The largest absolute Gasteiger partial charge is 0.436 e. The van der Waals surface area contributed by atoms with Crippen molar-refractivity contribution in [2.24, 2.45) is 0 Å². The summed E-state index contributed by atoms with van der Waals surface area (Å²) in [5, 5.41) is 4.73. The average Bonchev–Trinajstić information content (AvgIpc) is 3.00. The van der Waals surface area contributed by atoms with Crippen LogP contribution in [0.15, 0.2) is 51.7 Å². The normalized spacial score (nSPS) is 10.6. The fraction of sp³-hybridized carbons (Fsp3) is 0. The van der Waals surface area contributed by atoms with Crippen molar-refractivity contribution in [1.82, 2.24) is 4.98 Å². The molecule has 0 atom stereocenters. The second kappa shape index (κ2) is 4.35. The molecule has 0 unspecified atom stereocenters. The van der Waals surface area contributed by atoms with Crippen LogP contribution in [0.2, 0.25) is 5.02 Å². The van der Waals surface area contributed by atoms with Gasteiger partial charge in [0.25, 0.3) is 0 Å². The lowest BCUT2D eigenvalue weighted by Crippen LogP contribution is -1.72. The zero-order chi connectivity index (χ0) is 11.7. The van der Waals surface area contributed by atoms with E-state index < -0.39 is 0 Å². The minimum atomic E-state index is 0.649. The van der Waals surface area contributed by atoms with Gasteiger partial charge in [0.15, 0.2) is 5.76 Å². The van der Waals surface area contributed by atoms with Crippen molar-refractivity contribution in [3.05, 3.63) is 52.3 Å². The third kappa shape index (κ3) is 2.12. The van der Waals surface area contributed by atoms with Crippen LogP contribution in [0, 0.1) is 0 Å². The first-order chi connectivity index (χ1) is 8.33. The van der Waals surface area contributed by atoms with Gasteiger partial charge >= 0.3 is 0 Å². The van der Waals surface area contributed by atoms with Crippen LogP contribution in [0.4, 0.5) is 0 Å². The van der Waals surface area contributed by atoms with Crippen LogP contribution >= 0.6 is 22.9 Å². The van der Waals surface area contributed by atoms with Gasteiger partial charge in [-0.05, 0) is 35.7 Å². The van der Waals surface area contributed by atoms with E-state index in [9.17, 15) is 0 Å². The van der Waals surface area contributed by atoms with Gasteiger partial charge in [-0.25, -0.2) is 4.98 Å². The van der Waals surface area contributed by atoms with E-state index in [4.69, 9.17) is 16.0 Å². The van der Waals surface area contributed by atoms with Gasteiger partial charge in [-0.2, -0.15) is 11.3 Å². The molecule has 0 fully saturated rings. The molecule has 1 aromatic carbocycles. The lowest BCUT2D eigenvalue weighted by atomic mass is 10.2. The first-order valence-electron chi connectivity index (χ1n) is 5.07. The van der Waals surface area contributed by atoms with Crippen LogP contribution in [-0.2, 0) is 0 Å². The van der Waals surface area contributed by atoms with Crippen LogP contribution in [0.3, 0.4) is 0 Å². The average molecular weight is 262 g/mol. The molecule has 3 rings (SSSR count). The summed E-state index contributed by atoms with van der Waals surface area (Å²) in [4.78, 5) is 4.26. The van der Waals surface area contributed by atoms with Gasteiger partial charge in [0.1, 0.15) is 0 Å². The van der Waals surface area contributed by atoms with Crippen LogP contribution in [-0.4, -0.2) is 4.98 Å². The zero-order valence-electron chi connectivity index (χ0n) is 8.76. The molecule has 0 bridgehead atoms. The Hall–Kier alpha value is -1.58. The fourth-order valence-electron chi connectivity index (χ4n) is 1.54. The maximum atomic E-state index is 5.84. The number of hydrogen-bond donors (Lipinski definition) is 0. The molecule has 0 spiro atoms. The smallest absolute Gasteiger partial charge is 0.227 e. The predicted molar refractivity (Wildman–Crippen MR) is 70.3 cm³/mol. The van der Waals surface area contributed by atoms with Gasteiger partial charge in [0.05, 0.1) is 6.20 Å². The fourth-order valence-corrected chi connectivity index (χ4v) is 2.30. The number of oxazole rings is 1. The Morgan fingerprint density at radius 1 is 1.06 bits per heavy atom. The second-order valence-corrected chi connectivity index (χ2v) is 4.77. The van der Waals surface area contributed by atoms with Crippen molar-refractivity contribution in [2.45, 2.75) is 0 Å². The second-order valence-electron chi connectivity index (χ2n) is 3.55. The Morgan fingerprint density at radius 2 is 1.88 bits per heavy atom. The van der Waals surface area contributed by atoms with Gasteiger partial charge < -0.3 is 4.42 Å². The van der Waals surface area contributed by atoms with Gasteiger partial charge in [-0.15, -0.1) is 0 Å². The molecule has 0 aliphatic rings. The van der Waals surface area contributed by atoms with Gasteiger partial charge in [-0.1, -0.05) is 11.6 Å². The Morgan fingerprint density at radius 3 is 2.59 bits per heavy atom. The minimum Gasteiger partial charge on any atom is -0.436 e. The first-order valence-corrected chi connectivity index (χ1v) is 6.39. The molecule has 0 aliphatic heterocycles. The van der Waals surface area contributed by atoms with Crippen molar-refractivity contribution in [2.75, 3.05) is 0 Å². The van der Waals surface area contributed by atoms with Crippen molar-refractivity contribution in [3.63, 3.8) is 0 Å². The Labute approximate surface area is 108 Å². The monoisotopic (exact) mass is 261 g/mol. The number of nitrogens with zero attached hydrogens (tertiary/aromatic N) is 1. The molecule has 17 heavy (non-hydrogen) atoms. The van der Waals surface area contributed by atoms with Crippen LogP contribution in [0.25, 0.3) is 22.8 Å². The molecular weight excluding hydrogens is 254 g/mol. The van der Waals surface area contributed by atoms with E-state index in [1.54, 1.807) is 17.5 Å². The standard InChI is InChI=1S/C13H8ClNOS/c14-11-3-1-9(2-4-11)12-7-15-13(16-12)10-5-6-17-8-10/h1-8H. The Balaban J connectivity index is 1.98. The molecule has 0 radical (unpaired) electrons. The molecule has 84 valence electrons. The maximum Gasteiger partial charge on any atom is 0.227 e. The number of thiophene rings is 1. The Bertz CT molecular complexity index is 613. The number of benzene rings is 1. The van der Waals surface area contributed by atoms with Crippen LogP contribution in [0.5, 0.6) is 0 Å². The topological polar surface area (TPSA) is 26.0 Å². The molecule has 2 aromatic heterocycles. The highest BCUT2D eigenvalue weighted by Crippen LogP contribution is 2.27. The van der Waals surface area contributed by atoms with Crippen LogP contribution < -0.4 is 0 Å². The summed E-state index contributed by atoms with van der Waals surface area (Å²) in [7, 11) is 0. The SMILES string of the molecule is Clc1ccc(-c2cnc(-c3ccsc3)o2)cc1. The summed E-state index contributed by atoms with van der Waals surface area (Å²) in [6, 6.07) is 9.50. The summed E-state index contributed by atoms with van der Waals surface area (Å²) >= 11 is 7.46. The maximum absolute atomic E-state index is 5.84. The third-order valence-electron chi connectivity index (χ3n) is 2.40. The molecule has 0 aliphatic carbocycles. The van der Waals surface area contributed by atoms with Crippen LogP contribution in [0.1, 0.15) is 0 Å².